The van der Waals surface area contributed by atoms with Gasteiger partial charge >= 0.3 is 0 Å². The number of hydrogen-bond donors (Lipinski definition) is 2. The van der Waals surface area contributed by atoms with E-state index in [4.69, 9.17) is 16.0 Å². The van der Waals surface area contributed by atoms with Gasteiger partial charge in [-0.25, -0.2) is 4.98 Å². The third-order valence-electron chi connectivity index (χ3n) is 4.12. The molecule has 0 bridgehead atoms. The number of oxazole rings is 1. The summed E-state index contributed by atoms with van der Waals surface area (Å²) >= 11 is 6.14. The lowest BCUT2D eigenvalue weighted by Gasteiger charge is -2.08. The molecule has 0 spiro atoms. The average Bonchev–Trinajstić information content (AvgIpc) is 3.19. The zero-order valence-corrected chi connectivity index (χ0v) is 16.2. The highest BCUT2D eigenvalue weighted by molar-refractivity contribution is 6.33. The van der Waals surface area contributed by atoms with Crippen molar-refractivity contribution in [1.29, 1.82) is 0 Å². The normalized spacial score (nSPS) is 10.5. The van der Waals surface area contributed by atoms with E-state index in [1.165, 1.54) is 6.07 Å². The van der Waals surface area contributed by atoms with Gasteiger partial charge < -0.3 is 15.1 Å². The van der Waals surface area contributed by atoms with E-state index in [2.05, 4.69) is 15.6 Å². The summed E-state index contributed by atoms with van der Waals surface area (Å²) in [5.41, 5.74) is 1.16. The number of para-hydroxylation sites is 2. The Bertz CT molecular complexity index is 1010. The fourth-order valence-corrected chi connectivity index (χ4v) is 2.93. The fraction of sp³-hybridized carbons (Fsp3) is 0.200. The fourth-order valence-electron chi connectivity index (χ4n) is 2.70. The minimum atomic E-state index is -0.450. The largest absolute Gasteiger partial charge is 0.441 e. The van der Waals surface area contributed by atoms with Crippen molar-refractivity contribution in [3.63, 3.8) is 0 Å². The van der Waals surface area contributed by atoms with Crippen molar-refractivity contribution in [3.8, 4) is 11.3 Å². The number of anilines is 1. The highest BCUT2D eigenvalue weighted by Crippen LogP contribution is 2.28. The van der Waals surface area contributed by atoms with E-state index in [0.29, 0.717) is 41.9 Å². The van der Waals surface area contributed by atoms with Crippen LogP contribution in [0.4, 0.5) is 11.4 Å². The maximum atomic E-state index is 12.0. The third-order valence-corrected chi connectivity index (χ3v) is 4.45. The molecule has 0 atom stereocenters. The molecule has 0 aliphatic heterocycles. The standard InChI is InChI=1S/C20H19ClN4O4/c21-15-6-2-1-5-14(15)18-13-24-20(29-18)10-9-19(26)23-12-11-22-16-7-3-4-8-17(16)25(27)28/h1-8,13,22H,9-12H2,(H,23,26). The number of nitrogens with one attached hydrogen (secondary N) is 2. The number of nitro benzene ring substituents is 1. The molecule has 3 aromatic rings. The number of rotatable bonds is 9. The second-order valence-electron chi connectivity index (χ2n) is 6.15. The first-order valence-corrected chi connectivity index (χ1v) is 9.36. The van der Waals surface area contributed by atoms with Crippen molar-refractivity contribution in [2.45, 2.75) is 12.8 Å². The van der Waals surface area contributed by atoms with Crippen LogP contribution in [0.15, 0.2) is 59.1 Å². The summed E-state index contributed by atoms with van der Waals surface area (Å²) in [4.78, 5) is 26.7. The Morgan fingerprint density at radius 3 is 2.69 bits per heavy atom. The number of amides is 1. The van der Waals surface area contributed by atoms with Crippen LogP contribution in [-0.2, 0) is 11.2 Å². The predicted octanol–water partition coefficient (Wildman–Crippen LogP) is 4.06. The van der Waals surface area contributed by atoms with Gasteiger partial charge in [0.1, 0.15) is 5.69 Å². The molecule has 3 rings (SSSR count). The molecule has 0 saturated heterocycles. The van der Waals surface area contributed by atoms with E-state index in [-0.39, 0.29) is 18.0 Å². The van der Waals surface area contributed by atoms with Gasteiger partial charge in [-0.2, -0.15) is 0 Å². The van der Waals surface area contributed by atoms with E-state index < -0.39 is 4.92 Å². The molecule has 2 N–H and O–H groups in total. The van der Waals surface area contributed by atoms with E-state index in [0.717, 1.165) is 5.56 Å². The predicted molar refractivity (Wildman–Crippen MR) is 110 cm³/mol. The SMILES string of the molecule is O=C(CCc1ncc(-c2ccccc2Cl)o1)NCCNc1ccccc1[N+](=O)[O-]. The van der Waals surface area contributed by atoms with Gasteiger partial charge in [0.25, 0.3) is 5.69 Å². The Morgan fingerprint density at radius 2 is 1.90 bits per heavy atom. The number of halogens is 1. The lowest BCUT2D eigenvalue weighted by molar-refractivity contribution is -0.384. The number of nitrogens with zero attached hydrogens (tertiary/aromatic N) is 2. The van der Waals surface area contributed by atoms with Crippen LogP contribution in [0.25, 0.3) is 11.3 Å². The molecule has 1 heterocycles. The van der Waals surface area contributed by atoms with E-state index in [1.54, 1.807) is 30.5 Å². The smallest absolute Gasteiger partial charge is 0.292 e. The molecule has 150 valence electrons. The number of carbonyl (C=O) groups excluding carboxylic acids is 1. The van der Waals surface area contributed by atoms with Gasteiger partial charge in [0.15, 0.2) is 11.7 Å². The number of aryl methyl sites for hydroxylation is 1. The van der Waals surface area contributed by atoms with Crippen LogP contribution in [0.3, 0.4) is 0 Å². The zero-order chi connectivity index (χ0) is 20.6. The molecule has 29 heavy (non-hydrogen) atoms. The van der Waals surface area contributed by atoms with Gasteiger partial charge in [-0.05, 0) is 18.2 Å². The van der Waals surface area contributed by atoms with Crippen LogP contribution in [0, 0.1) is 10.1 Å². The summed E-state index contributed by atoms with van der Waals surface area (Å²) in [6.07, 6.45) is 2.16. The maximum absolute atomic E-state index is 12.0. The zero-order valence-electron chi connectivity index (χ0n) is 15.4. The van der Waals surface area contributed by atoms with Crippen molar-refractivity contribution >= 4 is 28.9 Å². The van der Waals surface area contributed by atoms with Gasteiger partial charge in [0.2, 0.25) is 5.91 Å². The molecule has 1 amide bonds. The van der Waals surface area contributed by atoms with Crippen molar-refractivity contribution in [2.75, 3.05) is 18.4 Å². The van der Waals surface area contributed by atoms with Crippen molar-refractivity contribution < 1.29 is 14.1 Å². The minimum absolute atomic E-state index is 0.00274. The van der Waals surface area contributed by atoms with Crippen LogP contribution in [0.2, 0.25) is 5.02 Å². The van der Waals surface area contributed by atoms with Crippen LogP contribution >= 0.6 is 11.6 Å². The number of carbonyl (C=O) groups is 1. The molecule has 9 heteroatoms. The molecule has 0 fully saturated rings. The van der Waals surface area contributed by atoms with Gasteiger partial charge in [-0.15, -0.1) is 0 Å². The molecule has 0 aliphatic rings. The summed E-state index contributed by atoms with van der Waals surface area (Å²) in [5.74, 6) is 0.847. The summed E-state index contributed by atoms with van der Waals surface area (Å²) in [6.45, 7) is 0.702. The van der Waals surface area contributed by atoms with E-state index in [1.807, 2.05) is 18.2 Å². The molecular formula is C20H19ClN4O4. The highest BCUT2D eigenvalue weighted by Gasteiger charge is 2.12. The first kappa shape index (κ1) is 20.3. The van der Waals surface area contributed by atoms with E-state index >= 15 is 0 Å². The van der Waals surface area contributed by atoms with E-state index in [9.17, 15) is 14.9 Å². The Kier molecular flexibility index (Phi) is 6.80. The second-order valence-corrected chi connectivity index (χ2v) is 6.56. The van der Waals surface area contributed by atoms with Crippen LogP contribution in [-0.4, -0.2) is 28.9 Å². The first-order chi connectivity index (χ1) is 14.0. The molecule has 0 unspecified atom stereocenters. The Morgan fingerprint density at radius 1 is 1.14 bits per heavy atom. The highest BCUT2D eigenvalue weighted by atomic mass is 35.5. The Balaban J connectivity index is 1.42. The van der Waals surface area contributed by atoms with Gasteiger partial charge in [-0.1, -0.05) is 35.9 Å². The molecule has 8 nitrogen and oxygen atoms in total. The summed E-state index contributed by atoms with van der Waals surface area (Å²) < 4.78 is 5.67. The molecular weight excluding hydrogens is 396 g/mol. The van der Waals surface area contributed by atoms with Gasteiger partial charge in [0.05, 0.1) is 16.1 Å². The Labute approximate surface area is 172 Å². The number of nitro groups is 1. The van der Waals surface area contributed by atoms with Crippen LogP contribution < -0.4 is 10.6 Å². The maximum Gasteiger partial charge on any atom is 0.292 e. The monoisotopic (exact) mass is 414 g/mol. The number of aromatic nitrogens is 1. The molecule has 1 aromatic heterocycles. The first-order valence-electron chi connectivity index (χ1n) is 8.98. The molecule has 0 radical (unpaired) electrons. The molecule has 0 saturated carbocycles. The second kappa shape index (κ2) is 9.70. The quantitative estimate of drug-likeness (QED) is 0.310. The topological polar surface area (TPSA) is 110 Å². The van der Waals surface area contributed by atoms with Crippen molar-refractivity contribution in [1.82, 2.24) is 10.3 Å². The van der Waals surface area contributed by atoms with Gasteiger partial charge in [-0.3, -0.25) is 14.9 Å². The third kappa shape index (κ3) is 5.55. The molecule has 0 aliphatic carbocycles. The summed E-state index contributed by atoms with van der Waals surface area (Å²) in [5, 5.41) is 17.2. The summed E-state index contributed by atoms with van der Waals surface area (Å²) in [7, 11) is 0. The van der Waals surface area contributed by atoms with Crippen LogP contribution in [0.5, 0.6) is 0 Å². The number of benzene rings is 2. The van der Waals surface area contributed by atoms with Crippen LogP contribution in [0.1, 0.15) is 12.3 Å². The minimum Gasteiger partial charge on any atom is -0.441 e. The summed E-state index contributed by atoms with van der Waals surface area (Å²) in [6, 6.07) is 13.7. The molecule has 2 aromatic carbocycles. The van der Waals surface area contributed by atoms with Gasteiger partial charge in [0, 0.05) is 37.6 Å². The number of hydrogen-bond acceptors (Lipinski definition) is 6. The lowest BCUT2D eigenvalue weighted by atomic mass is 10.2. The van der Waals surface area contributed by atoms with Crippen molar-refractivity contribution in [3.05, 3.63) is 75.8 Å². The van der Waals surface area contributed by atoms with Crippen molar-refractivity contribution in [2.24, 2.45) is 0 Å². The average molecular weight is 415 g/mol. The lowest BCUT2D eigenvalue weighted by Crippen LogP contribution is -2.29. The Hall–Kier alpha value is -3.39.